The third kappa shape index (κ3) is 4.22. The summed E-state index contributed by atoms with van der Waals surface area (Å²) < 4.78 is 38.0. The molecule has 1 amide bonds. The zero-order chi connectivity index (χ0) is 18.0. The lowest BCUT2D eigenvalue weighted by Gasteiger charge is -2.28. The van der Waals surface area contributed by atoms with E-state index in [1.54, 1.807) is 4.90 Å². The Morgan fingerprint density at radius 3 is 2.72 bits per heavy atom. The van der Waals surface area contributed by atoms with E-state index in [2.05, 4.69) is 9.97 Å². The average molecular weight is 369 g/mol. The Balaban J connectivity index is 1.65. The van der Waals surface area contributed by atoms with Crippen molar-refractivity contribution in [2.45, 2.75) is 24.3 Å². The van der Waals surface area contributed by atoms with E-state index in [0.29, 0.717) is 19.2 Å². The van der Waals surface area contributed by atoms with Crippen molar-refractivity contribution in [2.75, 3.05) is 12.3 Å². The zero-order valence-electron chi connectivity index (χ0n) is 13.0. The summed E-state index contributed by atoms with van der Waals surface area (Å²) in [5, 5.41) is -0.217. The maximum absolute atomic E-state index is 12.7. The molecule has 0 bridgehead atoms. The molecule has 9 heteroatoms. The molecule has 0 aliphatic carbocycles. The summed E-state index contributed by atoms with van der Waals surface area (Å²) in [7, 11) is 0. The van der Waals surface area contributed by atoms with Gasteiger partial charge in [-0.15, -0.1) is 0 Å². The Morgan fingerprint density at radius 1 is 1.28 bits per heavy atom. The summed E-state index contributed by atoms with van der Waals surface area (Å²) in [5.74, 6) is -0.300. The molecule has 1 aromatic heterocycles. The molecule has 1 aromatic carbocycles. The van der Waals surface area contributed by atoms with E-state index in [-0.39, 0.29) is 16.8 Å². The minimum Gasteiger partial charge on any atom is -0.337 e. The first-order valence-corrected chi connectivity index (χ1v) is 8.47. The highest BCUT2D eigenvalue weighted by atomic mass is 32.2. The van der Waals surface area contributed by atoms with Gasteiger partial charge in [-0.1, -0.05) is 36.0 Å². The van der Waals surface area contributed by atoms with Gasteiger partial charge in [-0.2, -0.15) is 13.2 Å². The summed E-state index contributed by atoms with van der Waals surface area (Å²) >= 11 is 0.790. The number of carbonyl (C=O) groups is 1. The van der Waals surface area contributed by atoms with Crippen LogP contribution in [0.4, 0.5) is 13.2 Å². The predicted molar refractivity (Wildman–Crippen MR) is 86.1 cm³/mol. The van der Waals surface area contributed by atoms with Gasteiger partial charge in [0.25, 0.3) is 5.56 Å². The average Bonchev–Trinajstić information content (AvgIpc) is 2.58. The summed E-state index contributed by atoms with van der Waals surface area (Å²) in [6.45, 7) is 1.03. The van der Waals surface area contributed by atoms with Crippen LogP contribution in [0.25, 0.3) is 0 Å². The maximum atomic E-state index is 12.7. The fourth-order valence-corrected chi connectivity index (χ4v) is 3.36. The fraction of sp³-hybridized carbons (Fsp3) is 0.312. The number of hydrogen-bond donors (Lipinski definition) is 1. The molecule has 0 radical (unpaired) electrons. The van der Waals surface area contributed by atoms with Gasteiger partial charge in [0.15, 0.2) is 10.9 Å². The maximum Gasteiger partial charge on any atom is 0.433 e. The van der Waals surface area contributed by atoms with Crippen LogP contribution >= 0.6 is 11.8 Å². The molecule has 0 saturated heterocycles. The number of nitrogens with zero attached hydrogens (tertiary/aromatic N) is 2. The van der Waals surface area contributed by atoms with Gasteiger partial charge in [0.05, 0.1) is 5.75 Å². The van der Waals surface area contributed by atoms with Crippen molar-refractivity contribution in [2.24, 2.45) is 0 Å². The molecule has 132 valence electrons. The van der Waals surface area contributed by atoms with Crippen LogP contribution in [0.2, 0.25) is 0 Å². The first kappa shape index (κ1) is 17.5. The second kappa shape index (κ2) is 6.91. The monoisotopic (exact) mass is 369 g/mol. The van der Waals surface area contributed by atoms with Gasteiger partial charge >= 0.3 is 6.18 Å². The molecule has 5 nitrogen and oxygen atoms in total. The lowest BCUT2D eigenvalue weighted by molar-refractivity contribution is -0.141. The fourth-order valence-electron chi connectivity index (χ4n) is 2.58. The zero-order valence-corrected chi connectivity index (χ0v) is 13.8. The molecule has 0 unspecified atom stereocenters. The predicted octanol–water partition coefficient (Wildman–Crippen LogP) is 2.47. The number of amides is 1. The highest BCUT2D eigenvalue weighted by Crippen LogP contribution is 2.27. The number of nitrogens with one attached hydrogen (secondary N) is 1. The number of benzene rings is 1. The minimum absolute atomic E-state index is 0.0909. The van der Waals surface area contributed by atoms with Gasteiger partial charge in [0.2, 0.25) is 5.91 Å². The smallest absolute Gasteiger partial charge is 0.337 e. The highest BCUT2D eigenvalue weighted by molar-refractivity contribution is 7.99. The minimum atomic E-state index is -4.70. The van der Waals surface area contributed by atoms with Crippen LogP contribution in [-0.2, 0) is 23.9 Å². The highest BCUT2D eigenvalue weighted by Gasteiger charge is 2.33. The number of thioether (sulfide) groups is 1. The van der Waals surface area contributed by atoms with Crippen molar-refractivity contribution in [3.8, 4) is 0 Å². The van der Waals surface area contributed by atoms with Gasteiger partial charge in [0.1, 0.15) is 0 Å². The van der Waals surface area contributed by atoms with E-state index in [4.69, 9.17) is 0 Å². The molecule has 25 heavy (non-hydrogen) atoms. The third-order valence-corrected chi connectivity index (χ3v) is 4.68. The molecule has 3 rings (SSSR count). The summed E-state index contributed by atoms with van der Waals surface area (Å²) in [5.41, 5.74) is 0.100. The van der Waals surface area contributed by atoms with Crippen molar-refractivity contribution in [1.82, 2.24) is 14.9 Å². The molecule has 1 N–H and O–H groups in total. The van der Waals surface area contributed by atoms with Gasteiger partial charge in [-0.05, 0) is 17.5 Å². The number of hydrogen-bond acceptors (Lipinski definition) is 4. The van der Waals surface area contributed by atoms with E-state index in [1.807, 2.05) is 24.3 Å². The molecular weight excluding hydrogens is 355 g/mol. The van der Waals surface area contributed by atoms with Gasteiger partial charge < -0.3 is 9.88 Å². The first-order chi connectivity index (χ1) is 11.8. The molecule has 2 heterocycles. The Labute approximate surface area is 145 Å². The number of carbonyl (C=O) groups excluding carboxylic acids is 1. The molecule has 1 aliphatic heterocycles. The quantitative estimate of drug-likeness (QED) is 0.667. The van der Waals surface area contributed by atoms with E-state index in [0.717, 1.165) is 23.7 Å². The molecule has 0 spiro atoms. The van der Waals surface area contributed by atoms with Crippen LogP contribution in [0, 0.1) is 0 Å². The largest absolute Gasteiger partial charge is 0.433 e. The van der Waals surface area contributed by atoms with Gasteiger partial charge in [-0.3, -0.25) is 9.59 Å². The normalized spacial score (nSPS) is 14.3. The summed E-state index contributed by atoms with van der Waals surface area (Å²) in [6, 6.07) is 8.21. The molecule has 0 fully saturated rings. The Bertz CT molecular complexity index is 851. The molecule has 1 aliphatic rings. The number of fused-ring (bicyclic) bond motifs is 1. The molecule has 0 atom stereocenters. The number of alkyl halides is 3. The van der Waals surface area contributed by atoms with Crippen molar-refractivity contribution in [1.29, 1.82) is 0 Å². The Kier molecular flexibility index (Phi) is 4.85. The van der Waals surface area contributed by atoms with E-state index in [9.17, 15) is 22.8 Å². The van der Waals surface area contributed by atoms with Crippen LogP contribution in [0.3, 0.4) is 0 Å². The molecule has 0 saturated carbocycles. The lowest BCUT2D eigenvalue weighted by Crippen LogP contribution is -2.37. The van der Waals surface area contributed by atoms with Crippen molar-refractivity contribution >= 4 is 17.7 Å². The standard InChI is InChI=1S/C16H14F3N3O2S/c17-16(18,19)12-7-13(23)21-15(20-12)25-9-14(24)22-6-5-10-3-1-2-4-11(10)8-22/h1-4,7H,5-6,8-9H2,(H,20,21,23). The van der Waals surface area contributed by atoms with Crippen LogP contribution in [0.5, 0.6) is 0 Å². The number of H-pyrrole nitrogens is 1. The molecule has 2 aromatic rings. The molecular formula is C16H14F3N3O2S. The van der Waals surface area contributed by atoms with Crippen molar-refractivity contribution < 1.29 is 18.0 Å². The van der Waals surface area contributed by atoms with Crippen LogP contribution in [0.15, 0.2) is 40.3 Å². The van der Waals surface area contributed by atoms with E-state index < -0.39 is 17.4 Å². The first-order valence-electron chi connectivity index (χ1n) is 7.49. The summed E-state index contributed by atoms with van der Waals surface area (Å²) in [6.07, 6.45) is -3.96. The van der Waals surface area contributed by atoms with Crippen molar-refractivity contribution in [3.05, 3.63) is 57.5 Å². The van der Waals surface area contributed by atoms with Gasteiger partial charge in [-0.25, -0.2) is 4.98 Å². The topological polar surface area (TPSA) is 66.1 Å². The second-order valence-electron chi connectivity index (χ2n) is 5.56. The van der Waals surface area contributed by atoms with E-state index >= 15 is 0 Å². The number of halogens is 3. The van der Waals surface area contributed by atoms with Crippen molar-refractivity contribution in [3.63, 3.8) is 0 Å². The number of aromatic nitrogens is 2. The van der Waals surface area contributed by atoms with E-state index in [1.165, 1.54) is 5.56 Å². The Morgan fingerprint density at radius 2 is 2.00 bits per heavy atom. The Hall–Kier alpha value is -2.29. The van der Waals surface area contributed by atoms with Gasteiger partial charge in [0, 0.05) is 19.2 Å². The van der Waals surface area contributed by atoms with Crippen LogP contribution < -0.4 is 5.56 Å². The van der Waals surface area contributed by atoms with Crippen LogP contribution in [0.1, 0.15) is 16.8 Å². The number of rotatable bonds is 3. The number of aromatic amines is 1. The summed E-state index contributed by atoms with van der Waals surface area (Å²) in [4.78, 5) is 30.9. The second-order valence-corrected chi connectivity index (χ2v) is 6.52. The SMILES string of the molecule is O=C(CSc1nc(C(F)(F)F)cc(=O)[nH]1)N1CCc2ccccc2C1. The third-order valence-electron chi connectivity index (χ3n) is 3.83. The lowest BCUT2D eigenvalue weighted by atomic mass is 10.00. The van der Waals surface area contributed by atoms with Crippen LogP contribution in [-0.4, -0.2) is 33.1 Å².